The monoisotopic (exact) mass is 322 g/mol. The molecule has 4 nitrogen and oxygen atoms in total. The summed E-state index contributed by atoms with van der Waals surface area (Å²) in [6.45, 7) is 1.56. The normalized spacial score (nSPS) is 16.7. The number of ether oxygens (including phenoxy) is 1. The third kappa shape index (κ3) is 2.82. The van der Waals surface area contributed by atoms with Gasteiger partial charge in [-0.3, -0.25) is 4.79 Å². The van der Waals surface area contributed by atoms with E-state index in [4.69, 9.17) is 4.74 Å². The highest BCUT2D eigenvalue weighted by atomic mass is 79.9. The summed E-state index contributed by atoms with van der Waals surface area (Å²) >= 11 is 3.47. The number of benzene rings is 1. The Morgan fingerprint density at radius 1 is 1.26 bits per heavy atom. The topological polar surface area (TPSA) is 54.1 Å². The van der Waals surface area contributed by atoms with E-state index in [1.165, 1.54) is 0 Å². The molecular weight excluding hydrogens is 308 g/mol. The van der Waals surface area contributed by atoms with E-state index in [-0.39, 0.29) is 5.56 Å². The van der Waals surface area contributed by atoms with Crippen LogP contribution in [0.3, 0.4) is 0 Å². The highest BCUT2D eigenvalue weighted by molar-refractivity contribution is 9.10. The van der Waals surface area contributed by atoms with Crippen molar-refractivity contribution in [3.8, 4) is 0 Å². The van der Waals surface area contributed by atoms with E-state index in [9.17, 15) is 4.79 Å². The molecule has 1 aliphatic rings. The van der Waals surface area contributed by atoms with Crippen LogP contribution in [0.5, 0.6) is 0 Å². The van der Waals surface area contributed by atoms with E-state index in [1.54, 1.807) is 6.07 Å². The molecule has 19 heavy (non-hydrogen) atoms. The number of hydrogen-bond acceptors (Lipinski definition) is 3. The Labute approximate surface area is 119 Å². The van der Waals surface area contributed by atoms with Crippen molar-refractivity contribution in [2.24, 2.45) is 0 Å². The Morgan fingerprint density at radius 2 is 2.05 bits per heavy atom. The van der Waals surface area contributed by atoms with Crippen molar-refractivity contribution < 1.29 is 4.74 Å². The van der Waals surface area contributed by atoms with E-state index in [0.717, 1.165) is 47.1 Å². The van der Waals surface area contributed by atoms with Crippen LogP contribution in [0.4, 0.5) is 5.69 Å². The third-order valence-electron chi connectivity index (χ3n) is 3.39. The lowest BCUT2D eigenvalue weighted by atomic mass is 10.1. The van der Waals surface area contributed by atoms with Gasteiger partial charge >= 0.3 is 0 Å². The first-order chi connectivity index (χ1) is 9.22. The quantitative estimate of drug-likeness (QED) is 0.893. The van der Waals surface area contributed by atoms with Crippen molar-refractivity contribution in [3.63, 3.8) is 0 Å². The van der Waals surface area contributed by atoms with Crippen LogP contribution in [0.15, 0.2) is 33.5 Å². The lowest BCUT2D eigenvalue weighted by Gasteiger charge is -2.24. The Hall–Kier alpha value is -1.33. The first-order valence-corrected chi connectivity index (χ1v) is 7.18. The van der Waals surface area contributed by atoms with Crippen LogP contribution in [0.1, 0.15) is 12.8 Å². The zero-order valence-corrected chi connectivity index (χ0v) is 12.0. The number of H-pyrrole nitrogens is 1. The summed E-state index contributed by atoms with van der Waals surface area (Å²) in [5.74, 6) is 0. The van der Waals surface area contributed by atoms with Crippen molar-refractivity contribution in [1.82, 2.24) is 4.98 Å². The molecular formula is C14H15BrN2O2. The number of aromatic amines is 1. The van der Waals surface area contributed by atoms with Gasteiger partial charge in [-0.15, -0.1) is 0 Å². The number of anilines is 1. The van der Waals surface area contributed by atoms with Crippen LogP contribution in [-0.4, -0.2) is 24.2 Å². The first kappa shape index (κ1) is 12.7. The fourth-order valence-corrected chi connectivity index (χ4v) is 2.77. The summed E-state index contributed by atoms with van der Waals surface area (Å²) in [6, 6.07) is 7.86. The highest BCUT2D eigenvalue weighted by Crippen LogP contribution is 2.25. The molecule has 1 aromatic heterocycles. The molecule has 0 unspecified atom stereocenters. The number of halogens is 1. The molecule has 0 atom stereocenters. The fraction of sp³-hybridized carbons (Fsp3) is 0.357. The molecule has 1 saturated heterocycles. The lowest BCUT2D eigenvalue weighted by molar-refractivity contribution is 0.0905. The molecule has 100 valence electrons. The molecule has 1 fully saturated rings. The van der Waals surface area contributed by atoms with Gasteiger partial charge in [0.2, 0.25) is 5.56 Å². The second-order valence-corrected chi connectivity index (χ2v) is 5.68. The number of aromatic nitrogens is 1. The SMILES string of the molecule is O=c1cc(NC2CCOCC2)c2cc(Br)ccc2[nH]1. The van der Waals surface area contributed by atoms with Crippen LogP contribution in [0, 0.1) is 0 Å². The Balaban J connectivity index is 2.00. The summed E-state index contributed by atoms with van der Waals surface area (Å²) in [5.41, 5.74) is 1.67. The minimum atomic E-state index is -0.0793. The fourth-order valence-electron chi connectivity index (χ4n) is 2.41. The summed E-state index contributed by atoms with van der Waals surface area (Å²) in [7, 11) is 0. The Kier molecular flexibility index (Phi) is 3.57. The maximum atomic E-state index is 11.7. The minimum Gasteiger partial charge on any atom is -0.381 e. The van der Waals surface area contributed by atoms with E-state index in [1.807, 2.05) is 18.2 Å². The van der Waals surface area contributed by atoms with Crippen molar-refractivity contribution in [2.45, 2.75) is 18.9 Å². The van der Waals surface area contributed by atoms with Crippen molar-refractivity contribution in [3.05, 3.63) is 39.1 Å². The van der Waals surface area contributed by atoms with E-state index < -0.39 is 0 Å². The highest BCUT2D eigenvalue weighted by Gasteiger charge is 2.15. The van der Waals surface area contributed by atoms with Gasteiger partial charge in [-0.1, -0.05) is 15.9 Å². The van der Waals surface area contributed by atoms with E-state index in [2.05, 4.69) is 26.2 Å². The van der Waals surface area contributed by atoms with Gasteiger partial charge in [0.05, 0.1) is 5.52 Å². The van der Waals surface area contributed by atoms with Gasteiger partial charge in [0, 0.05) is 40.9 Å². The maximum absolute atomic E-state index is 11.7. The van der Waals surface area contributed by atoms with Crippen LogP contribution in [-0.2, 0) is 4.74 Å². The summed E-state index contributed by atoms with van der Waals surface area (Å²) in [5, 5.41) is 4.50. The molecule has 3 rings (SSSR count). The van der Waals surface area contributed by atoms with Gasteiger partial charge < -0.3 is 15.0 Å². The predicted octanol–water partition coefficient (Wildman–Crippen LogP) is 2.88. The average Bonchev–Trinajstić information content (AvgIpc) is 2.41. The molecule has 2 N–H and O–H groups in total. The van der Waals surface area contributed by atoms with Crippen molar-refractivity contribution >= 4 is 32.5 Å². The number of rotatable bonds is 2. The van der Waals surface area contributed by atoms with Gasteiger partial charge in [-0.2, -0.15) is 0 Å². The molecule has 0 radical (unpaired) electrons. The number of fused-ring (bicyclic) bond motifs is 1. The second kappa shape index (κ2) is 5.35. The maximum Gasteiger partial charge on any atom is 0.250 e. The summed E-state index contributed by atoms with van der Waals surface area (Å²) in [4.78, 5) is 14.6. The van der Waals surface area contributed by atoms with E-state index >= 15 is 0 Å². The molecule has 2 aromatic rings. The van der Waals surface area contributed by atoms with Crippen molar-refractivity contribution in [1.29, 1.82) is 0 Å². The summed E-state index contributed by atoms with van der Waals surface area (Å²) in [6.07, 6.45) is 1.95. The zero-order chi connectivity index (χ0) is 13.2. The molecule has 0 aliphatic carbocycles. The van der Waals surface area contributed by atoms with Gasteiger partial charge in [-0.05, 0) is 31.0 Å². The zero-order valence-electron chi connectivity index (χ0n) is 10.4. The predicted molar refractivity (Wildman–Crippen MR) is 79.7 cm³/mol. The van der Waals surface area contributed by atoms with Crippen LogP contribution < -0.4 is 10.9 Å². The van der Waals surface area contributed by atoms with Gasteiger partial charge in [0.25, 0.3) is 0 Å². The second-order valence-electron chi connectivity index (χ2n) is 4.77. The van der Waals surface area contributed by atoms with Crippen LogP contribution in [0.25, 0.3) is 10.9 Å². The molecule has 1 aromatic carbocycles. The third-order valence-corrected chi connectivity index (χ3v) is 3.88. The number of nitrogens with one attached hydrogen (secondary N) is 2. The van der Waals surface area contributed by atoms with E-state index in [0.29, 0.717) is 6.04 Å². The van der Waals surface area contributed by atoms with Crippen LogP contribution in [0.2, 0.25) is 0 Å². The van der Waals surface area contributed by atoms with Crippen molar-refractivity contribution in [2.75, 3.05) is 18.5 Å². The molecule has 5 heteroatoms. The Morgan fingerprint density at radius 3 is 2.84 bits per heavy atom. The molecule has 0 saturated carbocycles. The number of hydrogen-bond donors (Lipinski definition) is 2. The molecule has 1 aliphatic heterocycles. The summed E-state index contributed by atoms with van der Waals surface area (Å²) < 4.78 is 6.35. The Bertz CT molecular complexity index is 647. The van der Waals surface area contributed by atoms with Gasteiger partial charge in [0.15, 0.2) is 0 Å². The number of pyridine rings is 1. The largest absolute Gasteiger partial charge is 0.381 e. The van der Waals surface area contributed by atoms with Gasteiger partial charge in [-0.25, -0.2) is 0 Å². The lowest BCUT2D eigenvalue weighted by Crippen LogP contribution is -2.28. The first-order valence-electron chi connectivity index (χ1n) is 6.39. The smallest absolute Gasteiger partial charge is 0.250 e. The average molecular weight is 323 g/mol. The molecule has 0 bridgehead atoms. The molecule has 0 spiro atoms. The van der Waals surface area contributed by atoms with Crippen LogP contribution >= 0.6 is 15.9 Å². The van der Waals surface area contributed by atoms with Gasteiger partial charge in [0.1, 0.15) is 0 Å². The standard InChI is InChI=1S/C14H15BrN2O2/c15-9-1-2-12-11(7-9)13(8-14(18)17-12)16-10-3-5-19-6-4-10/h1-2,7-8,10H,3-6H2,(H2,16,17,18). The molecule has 0 amide bonds. The minimum absolute atomic E-state index is 0.0793. The molecule has 2 heterocycles.